The second kappa shape index (κ2) is 13.9. The average molecular weight is 513 g/mol. The van der Waals surface area contributed by atoms with E-state index in [0.29, 0.717) is 6.61 Å². The molecule has 0 radical (unpaired) electrons. The van der Waals surface area contributed by atoms with Crippen LogP contribution in [0.15, 0.2) is 47.5 Å². The van der Waals surface area contributed by atoms with Crippen LogP contribution in [0.3, 0.4) is 0 Å². The third-order valence-electron chi connectivity index (χ3n) is 4.34. The Labute approximate surface area is 191 Å². The normalized spacial score (nSPS) is 10.7. The maximum absolute atomic E-state index is 5.68. The molecule has 0 spiro atoms. The molecule has 0 saturated heterocycles. The fraction of sp³-hybridized carbons (Fsp3) is 0.409. The number of para-hydroxylation sites is 1. The molecule has 160 valence electrons. The number of aliphatic imine (C=N–C) groups is 1. The van der Waals surface area contributed by atoms with Crippen molar-refractivity contribution in [1.29, 1.82) is 0 Å². The standard InChI is InChI=1S/C22H31N3O3.HI/c1-5-28-19-9-7-6-8-18(19)13-15-25-22(23-2)24-14-12-17-10-11-20(26-3)21(16-17)27-4;/h6-11,16H,5,12-15H2,1-4H3,(H2,23,24,25);1H. The zero-order chi connectivity index (χ0) is 20.2. The van der Waals surface area contributed by atoms with E-state index in [1.165, 1.54) is 11.1 Å². The van der Waals surface area contributed by atoms with Crippen LogP contribution in [0.25, 0.3) is 0 Å². The lowest BCUT2D eigenvalue weighted by Gasteiger charge is -2.14. The molecule has 0 unspecified atom stereocenters. The van der Waals surface area contributed by atoms with Gasteiger partial charge in [-0.1, -0.05) is 24.3 Å². The second-order valence-corrected chi connectivity index (χ2v) is 6.16. The summed E-state index contributed by atoms with van der Waals surface area (Å²) in [4.78, 5) is 4.29. The van der Waals surface area contributed by atoms with Crippen molar-refractivity contribution in [2.24, 2.45) is 4.99 Å². The predicted octanol–water partition coefficient (Wildman–Crippen LogP) is 3.67. The van der Waals surface area contributed by atoms with Crippen LogP contribution in [0.4, 0.5) is 0 Å². The van der Waals surface area contributed by atoms with E-state index in [2.05, 4.69) is 21.7 Å². The number of nitrogens with zero attached hydrogens (tertiary/aromatic N) is 1. The van der Waals surface area contributed by atoms with Crippen LogP contribution in [0.5, 0.6) is 17.2 Å². The second-order valence-electron chi connectivity index (χ2n) is 6.16. The van der Waals surface area contributed by atoms with E-state index in [1.54, 1.807) is 21.3 Å². The zero-order valence-electron chi connectivity index (χ0n) is 17.7. The minimum absolute atomic E-state index is 0. The molecule has 0 aliphatic carbocycles. The minimum Gasteiger partial charge on any atom is -0.494 e. The number of ether oxygens (including phenoxy) is 3. The van der Waals surface area contributed by atoms with Gasteiger partial charge in [-0.15, -0.1) is 24.0 Å². The molecule has 0 aliphatic rings. The fourth-order valence-electron chi connectivity index (χ4n) is 2.90. The van der Waals surface area contributed by atoms with Gasteiger partial charge in [0.15, 0.2) is 17.5 Å². The number of benzene rings is 2. The SMILES string of the molecule is CCOc1ccccc1CCNC(=NC)NCCc1ccc(OC)c(OC)c1.I. The Kier molecular flexibility index (Phi) is 11.9. The molecule has 2 N–H and O–H groups in total. The van der Waals surface area contributed by atoms with Crippen LogP contribution < -0.4 is 24.8 Å². The fourth-order valence-corrected chi connectivity index (χ4v) is 2.90. The molecule has 2 aromatic rings. The highest BCUT2D eigenvalue weighted by Gasteiger charge is 2.06. The molecule has 0 atom stereocenters. The van der Waals surface area contributed by atoms with E-state index in [-0.39, 0.29) is 24.0 Å². The first-order valence-electron chi connectivity index (χ1n) is 9.58. The first-order valence-corrected chi connectivity index (χ1v) is 9.58. The molecule has 0 aromatic heterocycles. The number of rotatable bonds is 10. The lowest BCUT2D eigenvalue weighted by Crippen LogP contribution is -2.39. The van der Waals surface area contributed by atoms with Gasteiger partial charge in [-0.3, -0.25) is 4.99 Å². The molecular formula is C22H32IN3O3. The van der Waals surface area contributed by atoms with E-state index in [9.17, 15) is 0 Å². The molecule has 6 nitrogen and oxygen atoms in total. The smallest absolute Gasteiger partial charge is 0.190 e. The van der Waals surface area contributed by atoms with E-state index >= 15 is 0 Å². The van der Waals surface area contributed by atoms with Crippen LogP contribution in [0.2, 0.25) is 0 Å². The lowest BCUT2D eigenvalue weighted by atomic mass is 10.1. The van der Waals surface area contributed by atoms with Gasteiger partial charge in [0.05, 0.1) is 20.8 Å². The monoisotopic (exact) mass is 513 g/mol. The van der Waals surface area contributed by atoms with E-state index in [4.69, 9.17) is 14.2 Å². The number of nitrogens with one attached hydrogen (secondary N) is 2. The lowest BCUT2D eigenvalue weighted by molar-refractivity contribution is 0.336. The van der Waals surface area contributed by atoms with Crippen LogP contribution in [-0.4, -0.2) is 46.9 Å². The summed E-state index contributed by atoms with van der Waals surface area (Å²) in [6.07, 6.45) is 1.72. The topological polar surface area (TPSA) is 64.1 Å². The Morgan fingerprint density at radius 3 is 2.24 bits per heavy atom. The van der Waals surface area contributed by atoms with Gasteiger partial charge in [-0.2, -0.15) is 0 Å². The molecule has 2 aromatic carbocycles. The van der Waals surface area contributed by atoms with Gasteiger partial charge < -0.3 is 24.8 Å². The quantitative estimate of drug-likeness (QED) is 0.289. The van der Waals surface area contributed by atoms with Gasteiger partial charge in [-0.05, 0) is 49.1 Å². The minimum atomic E-state index is 0. The van der Waals surface area contributed by atoms with Crippen LogP contribution in [-0.2, 0) is 12.8 Å². The van der Waals surface area contributed by atoms with Crippen LogP contribution in [0, 0.1) is 0 Å². The van der Waals surface area contributed by atoms with E-state index in [0.717, 1.165) is 49.1 Å². The number of guanidine groups is 1. The molecule has 7 heteroatoms. The van der Waals surface area contributed by atoms with Crippen molar-refractivity contribution in [3.8, 4) is 17.2 Å². The summed E-state index contributed by atoms with van der Waals surface area (Å²) in [6, 6.07) is 14.1. The van der Waals surface area contributed by atoms with Crippen LogP contribution in [0.1, 0.15) is 18.1 Å². The predicted molar refractivity (Wildman–Crippen MR) is 129 cm³/mol. The molecule has 29 heavy (non-hydrogen) atoms. The Morgan fingerprint density at radius 1 is 0.897 bits per heavy atom. The highest BCUT2D eigenvalue weighted by molar-refractivity contribution is 14.0. The summed E-state index contributed by atoms with van der Waals surface area (Å²) in [5.41, 5.74) is 2.36. The first kappa shape index (κ1) is 24.9. The van der Waals surface area contributed by atoms with E-state index < -0.39 is 0 Å². The van der Waals surface area contributed by atoms with Crippen molar-refractivity contribution in [2.75, 3.05) is 41.0 Å². The number of halogens is 1. The highest BCUT2D eigenvalue weighted by atomic mass is 127. The summed E-state index contributed by atoms with van der Waals surface area (Å²) < 4.78 is 16.3. The number of methoxy groups -OCH3 is 2. The molecular weight excluding hydrogens is 481 g/mol. The Morgan fingerprint density at radius 2 is 1.59 bits per heavy atom. The molecule has 0 fully saturated rings. The molecule has 2 rings (SSSR count). The number of hydrogen-bond donors (Lipinski definition) is 2. The Bertz CT molecular complexity index is 769. The Hall–Kier alpha value is -2.16. The average Bonchev–Trinajstić information content (AvgIpc) is 2.73. The van der Waals surface area contributed by atoms with Crippen molar-refractivity contribution in [2.45, 2.75) is 19.8 Å². The third-order valence-corrected chi connectivity index (χ3v) is 4.34. The maximum atomic E-state index is 5.68. The summed E-state index contributed by atoms with van der Waals surface area (Å²) in [6.45, 7) is 4.22. The molecule has 0 saturated carbocycles. The summed E-state index contributed by atoms with van der Waals surface area (Å²) in [5.74, 6) is 3.22. The molecule has 0 heterocycles. The van der Waals surface area contributed by atoms with Gasteiger partial charge in [-0.25, -0.2) is 0 Å². The van der Waals surface area contributed by atoms with Gasteiger partial charge in [0, 0.05) is 20.1 Å². The van der Waals surface area contributed by atoms with Gasteiger partial charge in [0.1, 0.15) is 5.75 Å². The van der Waals surface area contributed by atoms with Crippen molar-refractivity contribution in [3.63, 3.8) is 0 Å². The van der Waals surface area contributed by atoms with Gasteiger partial charge in [0.2, 0.25) is 0 Å². The Balaban J connectivity index is 0.00000420. The number of hydrogen-bond acceptors (Lipinski definition) is 4. The summed E-state index contributed by atoms with van der Waals surface area (Å²) in [7, 11) is 5.07. The van der Waals surface area contributed by atoms with Gasteiger partial charge in [0.25, 0.3) is 0 Å². The highest BCUT2D eigenvalue weighted by Crippen LogP contribution is 2.27. The first-order chi connectivity index (χ1) is 13.7. The molecule has 0 bridgehead atoms. The molecule has 0 amide bonds. The van der Waals surface area contributed by atoms with E-state index in [1.807, 2.05) is 43.3 Å². The van der Waals surface area contributed by atoms with Crippen molar-refractivity contribution in [3.05, 3.63) is 53.6 Å². The van der Waals surface area contributed by atoms with Crippen LogP contribution >= 0.6 is 24.0 Å². The molecule has 0 aliphatic heterocycles. The zero-order valence-corrected chi connectivity index (χ0v) is 20.0. The summed E-state index contributed by atoms with van der Waals surface area (Å²) >= 11 is 0. The van der Waals surface area contributed by atoms with Crippen molar-refractivity contribution >= 4 is 29.9 Å². The van der Waals surface area contributed by atoms with Gasteiger partial charge >= 0.3 is 0 Å². The maximum Gasteiger partial charge on any atom is 0.190 e. The van der Waals surface area contributed by atoms with Crippen molar-refractivity contribution < 1.29 is 14.2 Å². The van der Waals surface area contributed by atoms with Crippen molar-refractivity contribution in [1.82, 2.24) is 10.6 Å². The largest absolute Gasteiger partial charge is 0.494 e. The third kappa shape index (κ3) is 8.00. The summed E-state index contributed by atoms with van der Waals surface area (Å²) in [5, 5.41) is 6.70.